The van der Waals surface area contributed by atoms with Gasteiger partial charge >= 0.3 is 6.03 Å². The molecule has 1 aliphatic rings. The van der Waals surface area contributed by atoms with Crippen LogP contribution in [0.2, 0.25) is 0 Å². The number of hydrogen-bond donors (Lipinski definition) is 1. The van der Waals surface area contributed by atoms with Gasteiger partial charge in [-0.1, -0.05) is 36.4 Å². The number of anilines is 1. The molecule has 3 rings (SSSR count). The summed E-state index contributed by atoms with van der Waals surface area (Å²) in [5.74, 6) is -0.853. The number of hydrogen-bond acceptors (Lipinski definition) is 2. The van der Waals surface area contributed by atoms with Crippen molar-refractivity contribution in [3.8, 4) is 0 Å². The molecular formula is C16H13FN2O2. The highest BCUT2D eigenvalue weighted by atomic mass is 19.1. The zero-order valence-corrected chi connectivity index (χ0v) is 11.1. The number of rotatable bonds is 3. The molecule has 1 N–H and O–H groups in total. The molecule has 0 radical (unpaired) electrons. The number of nitrogens with zero attached hydrogens (tertiary/aromatic N) is 1. The van der Waals surface area contributed by atoms with E-state index in [2.05, 4.69) is 5.32 Å². The van der Waals surface area contributed by atoms with Gasteiger partial charge in [0.25, 0.3) is 5.91 Å². The number of halogens is 1. The minimum absolute atomic E-state index is 0.244. The van der Waals surface area contributed by atoms with Crippen molar-refractivity contribution in [1.29, 1.82) is 0 Å². The summed E-state index contributed by atoms with van der Waals surface area (Å²) < 4.78 is 13.2. The van der Waals surface area contributed by atoms with Gasteiger partial charge in [-0.15, -0.1) is 0 Å². The maximum atomic E-state index is 13.2. The predicted molar refractivity (Wildman–Crippen MR) is 76.4 cm³/mol. The molecule has 2 aromatic rings. The average molecular weight is 284 g/mol. The SMILES string of the molecule is O=C1NC(Cc2ccccc2)C(=O)N1c1cccc(F)c1. The third kappa shape index (κ3) is 2.63. The molecule has 2 aromatic carbocycles. The highest BCUT2D eigenvalue weighted by Gasteiger charge is 2.38. The third-order valence-corrected chi connectivity index (χ3v) is 3.37. The molecule has 0 aromatic heterocycles. The molecular weight excluding hydrogens is 271 g/mol. The number of nitrogens with one attached hydrogen (secondary N) is 1. The second-order valence-corrected chi connectivity index (χ2v) is 4.85. The first-order valence-corrected chi connectivity index (χ1v) is 6.59. The summed E-state index contributed by atoms with van der Waals surface area (Å²) in [6.07, 6.45) is 0.414. The molecule has 1 heterocycles. The number of imide groups is 1. The highest BCUT2D eigenvalue weighted by Crippen LogP contribution is 2.21. The summed E-state index contributed by atoms with van der Waals surface area (Å²) in [5, 5.41) is 2.64. The highest BCUT2D eigenvalue weighted by molar-refractivity contribution is 6.21. The standard InChI is InChI=1S/C16H13FN2O2/c17-12-7-4-8-13(10-12)19-15(20)14(18-16(19)21)9-11-5-2-1-3-6-11/h1-8,10,14H,9H2,(H,18,21). The Morgan fingerprint density at radius 2 is 1.81 bits per heavy atom. The van der Waals surface area contributed by atoms with Crippen LogP contribution in [0, 0.1) is 5.82 Å². The Kier molecular flexibility index (Phi) is 3.39. The van der Waals surface area contributed by atoms with Crippen LogP contribution in [0.3, 0.4) is 0 Å². The lowest BCUT2D eigenvalue weighted by Gasteiger charge is -2.13. The number of carbonyl (C=O) groups excluding carboxylic acids is 2. The smallest absolute Gasteiger partial charge is 0.325 e. The van der Waals surface area contributed by atoms with Gasteiger partial charge in [0.1, 0.15) is 11.9 Å². The maximum absolute atomic E-state index is 13.2. The van der Waals surface area contributed by atoms with Gasteiger partial charge in [-0.3, -0.25) is 4.79 Å². The van der Waals surface area contributed by atoms with Crippen molar-refractivity contribution in [3.05, 3.63) is 66.0 Å². The van der Waals surface area contributed by atoms with Crippen LogP contribution in [0.25, 0.3) is 0 Å². The van der Waals surface area contributed by atoms with E-state index in [0.717, 1.165) is 10.5 Å². The lowest BCUT2D eigenvalue weighted by molar-refractivity contribution is -0.118. The molecule has 3 amide bonds. The summed E-state index contributed by atoms with van der Waals surface area (Å²) >= 11 is 0. The molecule has 0 spiro atoms. The fourth-order valence-corrected chi connectivity index (χ4v) is 2.38. The van der Waals surface area contributed by atoms with E-state index in [1.54, 1.807) is 0 Å². The van der Waals surface area contributed by atoms with Crippen LogP contribution >= 0.6 is 0 Å². The third-order valence-electron chi connectivity index (χ3n) is 3.37. The van der Waals surface area contributed by atoms with Crippen molar-refractivity contribution in [1.82, 2.24) is 5.32 Å². The Balaban J connectivity index is 1.82. The zero-order chi connectivity index (χ0) is 14.8. The number of amides is 3. The molecule has 1 unspecified atom stereocenters. The van der Waals surface area contributed by atoms with Crippen LogP contribution in [0.5, 0.6) is 0 Å². The second-order valence-electron chi connectivity index (χ2n) is 4.85. The van der Waals surface area contributed by atoms with E-state index in [9.17, 15) is 14.0 Å². The van der Waals surface area contributed by atoms with Crippen LogP contribution in [0.15, 0.2) is 54.6 Å². The summed E-state index contributed by atoms with van der Waals surface area (Å²) in [5.41, 5.74) is 1.20. The van der Waals surface area contributed by atoms with Crippen molar-refractivity contribution in [3.63, 3.8) is 0 Å². The summed E-state index contributed by atoms with van der Waals surface area (Å²) in [6, 6.07) is 13.7. The average Bonchev–Trinajstić information content (AvgIpc) is 2.74. The van der Waals surface area contributed by atoms with Crippen molar-refractivity contribution in [2.75, 3.05) is 4.90 Å². The van der Waals surface area contributed by atoms with Gasteiger partial charge in [0, 0.05) is 6.42 Å². The molecule has 0 bridgehead atoms. The quantitative estimate of drug-likeness (QED) is 0.880. The number of carbonyl (C=O) groups is 2. The maximum Gasteiger partial charge on any atom is 0.329 e. The van der Waals surface area contributed by atoms with Gasteiger partial charge in [-0.25, -0.2) is 14.1 Å². The molecule has 1 atom stereocenters. The normalized spacial score (nSPS) is 18.0. The van der Waals surface area contributed by atoms with E-state index >= 15 is 0 Å². The van der Waals surface area contributed by atoms with Gasteiger partial charge in [0.2, 0.25) is 0 Å². The molecule has 0 aliphatic carbocycles. The van der Waals surface area contributed by atoms with Gasteiger partial charge in [-0.05, 0) is 23.8 Å². The van der Waals surface area contributed by atoms with E-state index in [1.807, 2.05) is 30.3 Å². The summed E-state index contributed by atoms with van der Waals surface area (Å²) in [6.45, 7) is 0. The van der Waals surface area contributed by atoms with Gasteiger partial charge in [0.15, 0.2) is 0 Å². The van der Waals surface area contributed by atoms with E-state index in [0.29, 0.717) is 6.42 Å². The van der Waals surface area contributed by atoms with Crippen molar-refractivity contribution >= 4 is 17.6 Å². The molecule has 0 saturated carbocycles. The van der Waals surface area contributed by atoms with E-state index in [4.69, 9.17) is 0 Å². The fourth-order valence-electron chi connectivity index (χ4n) is 2.38. The Morgan fingerprint density at radius 1 is 1.05 bits per heavy atom. The molecule has 21 heavy (non-hydrogen) atoms. The molecule has 1 fully saturated rings. The predicted octanol–water partition coefficient (Wildman–Crippen LogP) is 2.49. The Hall–Kier alpha value is -2.69. The largest absolute Gasteiger partial charge is 0.329 e. The second kappa shape index (κ2) is 5.36. The van der Waals surface area contributed by atoms with Gasteiger partial charge in [0.05, 0.1) is 5.69 Å². The lowest BCUT2D eigenvalue weighted by Crippen LogP contribution is -2.32. The summed E-state index contributed by atoms with van der Waals surface area (Å²) in [7, 11) is 0. The topological polar surface area (TPSA) is 49.4 Å². The minimum Gasteiger partial charge on any atom is -0.325 e. The van der Waals surface area contributed by atoms with Crippen molar-refractivity contribution < 1.29 is 14.0 Å². The fraction of sp³-hybridized carbons (Fsp3) is 0.125. The van der Waals surface area contributed by atoms with Crippen LogP contribution < -0.4 is 10.2 Å². The zero-order valence-electron chi connectivity index (χ0n) is 11.1. The first kappa shape index (κ1) is 13.3. The minimum atomic E-state index is -0.622. The van der Waals surface area contributed by atoms with Crippen LogP contribution in [0.4, 0.5) is 14.9 Å². The van der Waals surface area contributed by atoms with E-state index in [-0.39, 0.29) is 11.6 Å². The first-order chi connectivity index (χ1) is 10.1. The molecule has 4 nitrogen and oxygen atoms in total. The van der Waals surface area contributed by atoms with Crippen LogP contribution in [0.1, 0.15) is 5.56 Å². The van der Waals surface area contributed by atoms with Crippen LogP contribution in [-0.4, -0.2) is 18.0 Å². The first-order valence-electron chi connectivity index (χ1n) is 6.59. The van der Waals surface area contributed by atoms with Crippen LogP contribution in [-0.2, 0) is 11.2 Å². The van der Waals surface area contributed by atoms with Crippen molar-refractivity contribution in [2.45, 2.75) is 12.5 Å². The monoisotopic (exact) mass is 284 g/mol. The summed E-state index contributed by atoms with van der Waals surface area (Å²) in [4.78, 5) is 25.3. The van der Waals surface area contributed by atoms with Gasteiger partial charge in [-0.2, -0.15) is 0 Å². The number of benzene rings is 2. The number of urea groups is 1. The molecule has 5 heteroatoms. The van der Waals surface area contributed by atoms with E-state index < -0.39 is 17.9 Å². The Morgan fingerprint density at radius 3 is 2.52 bits per heavy atom. The Bertz CT molecular complexity index is 688. The molecule has 1 saturated heterocycles. The molecule has 1 aliphatic heterocycles. The molecule has 106 valence electrons. The van der Waals surface area contributed by atoms with E-state index in [1.165, 1.54) is 24.3 Å². The van der Waals surface area contributed by atoms with Gasteiger partial charge < -0.3 is 5.32 Å². The van der Waals surface area contributed by atoms with Crippen molar-refractivity contribution in [2.24, 2.45) is 0 Å². The lowest BCUT2D eigenvalue weighted by atomic mass is 10.1. The Labute approximate surface area is 121 Å².